The molecule has 5 nitrogen and oxygen atoms in total. The fraction of sp³-hybridized carbons (Fsp3) is 0.400. The number of hydrogen-bond acceptors (Lipinski definition) is 5. The first-order valence-corrected chi connectivity index (χ1v) is 4.71. The Labute approximate surface area is 85.4 Å². The monoisotopic (exact) mass is 209 g/mol. The van der Waals surface area contributed by atoms with Gasteiger partial charge in [0.05, 0.1) is 0 Å². The highest BCUT2D eigenvalue weighted by atomic mass is 16.3. The van der Waals surface area contributed by atoms with Crippen LogP contribution in [0.1, 0.15) is 6.42 Å². The molecule has 0 spiro atoms. The summed E-state index contributed by atoms with van der Waals surface area (Å²) in [5, 5.41) is 20.7. The molecule has 15 heavy (non-hydrogen) atoms. The van der Waals surface area contributed by atoms with Crippen molar-refractivity contribution < 1.29 is 10.2 Å². The third kappa shape index (κ3) is 1.55. The third-order valence-corrected chi connectivity index (χ3v) is 2.62. The number of aliphatic hydroxyl groups excluding tert-OH is 1. The number of aromatic hydroxyl groups is 1. The maximum Gasteiger partial charge on any atom is 0.271 e. The maximum atomic E-state index is 11.0. The van der Waals surface area contributed by atoms with Crippen molar-refractivity contribution in [1.82, 2.24) is 0 Å². The van der Waals surface area contributed by atoms with E-state index >= 15 is 0 Å². The van der Waals surface area contributed by atoms with Crippen LogP contribution in [0.15, 0.2) is 21.7 Å². The topological polar surface area (TPSA) is 86.6 Å². The van der Waals surface area contributed by atoms with E-state index < -0.39 is 16.6 Å². The molecule has 1 aromatic rings. The summed E-state index contributed by atoms with van der Waals surface area (Å²) in [6.07, 6.45) is 4.33. The Bertz CT molecular complexity index is 470. The minimum atomic E-state index is -0.835. The summed E-state index contributed by atoms with van der Waals surface area (Å²) in [5.74, 6) is -0.406. The molecular formula is C10H11NO4. The minimum Gasteiger partial charge on any atom is -0.502 e. The second kappa shape index (κ2) is 3.51. The molecule has 0 radical (unpaired) electrons. The van der Waals surface area contributed by atoms with Crippen molar-refractivity contribution in [1.29, 1.82) is 0 Å². The fourth-order valence-electron chi connectivity index (χ4n) is 1.72. The van der Waals surface area contributed by atoms with Crippen molar-refractivity contribution in [3.05, 3.63) is 32.6 Å². The lowest BCUT2D eigenvalue weighted by molar-refractivity contribution is 0.250. The van der Waals surface area contributed by atoms with Crippen LogP contribution in [0.4, 0.5) is 5.69 Å². The molecule has 0 saturated heterocycles. The zero-order chi connectivity index (χ0) is 11.0. The van der Waals surface area contributed by atoms with Crippen LogP contribution < -0.4 is 16.2 Å². The van der Waals surface area contributed by atoms with E-state index in [2.05, 4.69) is 5.32 Å². The smallest absolute Gasteiger partial charge is 0.271 e. The molecule has 2 rings (SSSR count). The van der Waals surface area contributed by atoms with Gasteiger partial charge >= 0.3 is 0 Å². The summed E-state index contributed by atoms with van der Waals surface area (Å²) >= 11 is 0. The Balaban J connectivity index is 2.04. The van der Waals surface area contributed by atoms with Gasteiger partial charge in [0.15, 0.2) is 5.75 Å². The number of rotatable bonds is 3. The van der Waals surface area contributed by atoms with E-state index in [9.17, 15) is 9.59 Å². The highest BCUT2D eigenvalue weighted by Gasteiger charge is 2.24. The first-order valence-electron chi connectivity index (χ1n) is 4.71. The van der Waals surface area contributed by atoms with Crippen LogP contribution in [0.2, 0.25) is 0 Å². The van der Waals surface area contributed by atoms with Crippen molar-refractivity contribution >= 4 is 5.69 Å². The number of anilines is 1. The lowest BCUT2D eigenvalue weighted by Gasteiger charge is -2.15. The zero-order valence-electron chi connectivity index (χ0n) is 7.93. The van der Waals surface area contributed by atoms with Gasteiger partial charge in [-0.2, -0.15) is 0 Å². The standard InChI is InChI=1S/C10H11NO4/c12-4-5-1-2-6(3-5)11-7-8(13)10(15)9(7)14/h1-2,5-6,11-13H,3-4H2/t5-,6+/m1/s1. The first kappa shape index (κ1) is 9.92. The van der Waals surface area contributed by atoms with Gasteiger partial charge in [0, 0.05) is 18.6 Å². The molecule has 1 aromatic carbocycles. The Morgan fingerprint density at radius 1 is 1.33 bits per heavy atom. The van der Waals surface area contributed by atoms with E-state index in [0.29, 0.717) is 6.42 Å². The van der Waals surface area contributed by atoms with Crippen LogP contribution in [-0.4, -0.2) is 22.9 Å². The highest BCUT2D eigenvalue weighted by Crippen LogP contribution is 2.23. The van der Waals surface area contributed by atoms with E-state index in [1.54, 1.807) is 0 Å². The first-order chi connectivity index (χ1) is 7.13. The minimum absolute atomic E-state index is 0.00626. The van der Waals surface area contributed by atoms with Crippen LogP contribution in [0.25, 0.3) is 0 Å². The number of aliphatic hydroxyl groups is 1. The summed E-state index contributed by atoms with van der Waals surface area (Å²) in [4.78, 5) is 21.7. The average molecular weight is 209 g/mol. The Kier molecular flexibility index (Phi) is 2.32. The molecule has 1 aliphatic rings. The number of hydrogen-bond donors (Lipinski definition) is 3. The Morgan fingerprint density at radius 2 is 2.07 bits per heavy atom. The molecule has 80 valence electrons. The van der Waals surface area contributed by atoms with Gasteiger partial charge in [-0.05, 0) is 6.42 Å². The van der Waals surface area contributed by atoms with E-state index in [1.807, 2.05) is 12.2 Å². The highest BCUT2D eigenvalue weighted by molar-refractivity contribution is 5.61. The molecule has 0 amide bonds. The molecule has 0 saturated carbocycles. The Hall–Kier alpha value is -1.62. The van der Waals surface area contributed by atoms with Gasteiger partial charge in [-0.3, -0.25) is 9.59 Å². The summed E-state index contributed by atoms with van der Waals surface area (Å²) in [6, 6.07) is -0.101. The molecule has 1 aliphatic carbocycles. The lowest BCUT2D eigenvalue weighted by Crippen LogP contribution is -2.35. The van der Waals surface area contributed by atoms with Gasteiger partial charge in [0.25, 0.3) is 10.9 Å². The van der Waals surface area contributed by atoms with Crippen LogP contribution in [0.3, 0.4) is 0 Å². The van der Waals surface area contributed by atoms with Crippen LogP contribution >= 0.6 is 0 Å². The van der Waals surface area contributed by atoms with Crippen molar-refractivity contribution in [3.63, 3.8) is 0 Å². The van der Waals surface area contributed by atoms with Crippen molar-refractivity contribution in [2.75, 3.05) is 11.9 Å². The third-order valence-electron chi connectivity index (χ3n) is 2.62. The van der Waals surface area contributed by atoms with Gasteiger partial charge < -0.3 is 15.5 Å². The van der Waals surface area contributed by atoms with Crippen molar-refractivity contribution in [2.45, 2.75) is 12.5 Å². The lowest BCUT2D eigenvalue weighted by atomic mass is 10.1. The van der Waals surface area contributed by atoms with E-state index in [4.69, 9.17) is 10.2 Å². The molecule has 3 N–H and O–H groups in total. The summed E-state index contributed by atoms with van der Waals surface area (Å²) in [6.45, 7) is 0.0621. The molecule has 0 aromatic heterocycles. The molecule has 0 unspecified atom stereocenters. The average Bonchev–Trinajstić information content (AvgIpc) is 2.72. The van der Waals surface area contributed by atoms with Gasteiger partial charge in [-0.15, -0.1) is 0 Å². The van der Waals surface area contributed by atoms with Crippen molar-refractivity contribution in [3.8, 4) is 5.75 Å². The summed E-state index contributed by atoms with van der Waals surface area (Å²) < 4.78 is 0. The zero-order valence-corrected chi connectivity index (χ0v) is 7.93. The normalized spacial score (nSPS) is 24.9. The molecule has 0 aliphatic heterocycles. The van der Waals surface area contributed by atoms with Crippen LogP contribution in [-0.2, 0) is 0 Å². The van der Waals surface area contributed by atoms with Crippen LogP contribution in [0.5, 0.6) is 5.75 Å². The van der Waals surface area contributed by atoms with Gasteiger partial charge in [-0.25, -0.2) is 0 Å². The largest absolute Gasteiger partial charge is 0.502 e. The molecule has 5 heteroatoms. The summed E-state index contributed by atoms with van der Waals surface area (Å²) in [5.41, 5.74) is -1.51. The van der Waals surface area contributed by atoms with Gasteiger partial charge in [0.2, 0.25) is 0 Å². The predicted molar refractivity (Wildman–Crippen MR) is 54.8 cm³/mol. The van der Waals surface area contributed by atoms with Gasteiger partial charge in [0.1, 0.15) is 5.69 Å². The van der Waals surface area contributed by atoms with Crippen LogP contribution in [0, 0.1) is 5.92 Å². The van der Waals surface area contributed by atoms with E-state index in [0.717, 1.165) is 0 Å². The molecule has 0 fully saturated rings. The Morgan fingerprint density at radius 3 is 2.60 bits per heavy atom. The maximum absolute atomic E-state index is 11.0. The number of nitrogens with one attached hydrogen (secondary N) is 1. The van der Waals surface area contributed by atoms with E-state index in [-0.39, 0.29) is 24.3 Å². The van der Waals surface area contributed by atoms with E-state index in [1.165, 1.54) is 0 Å². The molecule has 2 atom stereocenters. The second-order valence-electron chi connectivity index (χ2n) is 3.70. The predicted octanol–water partition coefficient (Wildman–Crippen LogP) is -0.663. The molecule has 0 heterocycles. The molecule has 0 bridgehead atoms. The van der Waals surface area contributed by atoms with Gasteiger partial charge in [-0.1, -0.05) is 12.2 Å². The molecular weight excluding hydrogens is 198 g/mol. The quantitative estimate of drug-likeness (QED) is 0.454. The second-order valence-corrected chi connectivity index (χ2v) is 3.70. The SMILES string of the molecule is O=c1c(O)c(N[C@H]2C=C[C@@H](CO)C2)c1=O. The fourth-order valence-corrected chi connectivity index (χ4v) is 1.72. The van der Waals surface area contributed by atoms with Crippen molar-refractivity contribution in [2.24, 2.45) is 5.92 Å². The summed E-state index contributed by atoms with van der Waals surface area (Å²) in [7, 11) is 0.